The van der Waals surface area contributed by atoms with E-state index in [0.29, 0.717) is 0 Å². The minimum atomic E-state index is 0.0525. The van der Waals surface area contributed by atoms with Gasteiger partial charge in [-0.1, -0.05) is 0 Å². The van der Waals surface area contributed by atoms with Crippen molar-refractivity contribution in [2.75, 3.05) is 23.3 Å². The Kier molecular flexibility index (Phi) is 4.17. The summed E-state index contributed by atoms with van der Waals surface area (Å²) in [6.45, 7) is 3.77. The maximum absolute atomic E-state index is 12.6. The molecule has 2 aromatic heterocycles. The molecule has 130 valence electrons. The first kappa shape index (κ1) is 16.1. The van der Waals surface area contributed by atoms with Crippen LogP contribution in [0.4, 0.5) is 10.8 Å². The van der Waals surface area contributed by atoms with Crippen LogP contribution >= 0.6 is 11.3 Å². The third-order valence-electron chi connectivity index (χ3n) is 4.74. The van der Waals surface area contributed by atoms with Gasteiger partial charge in [0.15, 0.2) is 5.13 Å². The molecule has 1 aliphatic rings. The monoisotopic (exact) mass is 355 g/mol. The highest BCUT2D eigenvalue weighted by molar-refractivity contribution is 7.13. The number of hydrogen-bond donors (Lipinski definition) is 1. The Morgan fingerprint density at radius 1 is 1.32 bits per heavy atom. The molecule has 1 fully saturated rings. The number of rotatable bonds is 3. The Labute approximate surface area is 150 Å². The molecular weight excluding hydrogens is 334 g/mol. The van der Waals surface area contributed by atoms with Gasteiger partial charge in [0.25, 0.3) is 0 Å². The number of aromatic nitrogens is 3. The molecule has 6 nitrogen and oxygen atoms in total. The summed E-state index contributed by atoms with van der Waals surface area (Å²) < 4.78 is 1.97. The molecule has 1 amide bonds. The van der Waals surface area contributed by atoms with Crippen LogP contribution in [0.15, 0.2) is 29.9 Å². The van der Waals surface area contributed by atoms with E-state index in [2.05, 4.69) is 25.6 Å². The third-order valence-corrected chi connectivity index (χ3v) is 5.76. The topological polar surface area (TPSA) is 63.1 Å². The maximum atomic E-state index is 12.6. The lowest BCUT2D eigenvalue weighted by Gasteiger charge is -2.31. The number of carbonyl (C=O) groups excluding carboxylic acids is 1. The van der Waals surface area contributed by atoms with Crippen molar-refractivity contribution in [2.24, 2.45) is 13.0 Å². The van der Waals surface area contributed by atoms with Gasteiger partial charge in [-0.05, 0) is 38.0 Å². The Morgan fingerprint density at radius 2 is 2.12 bits per heavy atom. The van der Waals surface area contributed by atoms with Gasteiger partial charge in [-0.3, -0.25) is 4.79 Å². The van der Waals surface area contributed by atoms with Crippen LogP contribution in [0.1, 0.15) is 18.5 Å². The molecule has 3 heterocycles. The number of nitrogens with one attached hydrogen (secondary N) is 1. The highest BCUT2D eigenvalue weighted by Gasteiger charge is 2.26. The van der Waals surface area contributed by atoms with Gasteiger partial charge in [0.1, 0.15) is 0 Å². The van der Waals surface area contributed by atoms with Gasteiger partial charge >= 0.3 is 0 Å². The first-order valence-electron chi connectivity index (χ1n) is 8.49. The summed E-state index contributed by atoms with van der Waals surface area (Å²) in [6, 6.07) is 5.86. The summed E-state index contributed by atoms with van der Waals surface area (Å²) in [6.07, 6.45) is 3.50. The molecule has 25 heavy (non-hydrogen) atoms. The van der Waals surface area contributed by atoms with E-state index in [1.807, 2.05) is 36.7 Å². The Hall–Kier alpha value is -2.41. The Bertz CT molecular complexity index is 907. The molecule has 1 N–H and O–H groups in total. The number of anilines is 2. The number of imidazole rings is 1. The van der Waals surface area contributed by atoms with Crippen LogP contribution in [0.25, 0.3) is 11.0 Å². The van der Waals surface area contributed by atoms with E-state index < -0.39 is 0 Å². The van der Waals surface area contributed by atoms with E-state index >= 15 is 0 Å². The lowest BCUT2D eigenvalue weighted by Crippen LogP contribution is -2.38. The molecule has 0 aliphatic carbocycles. The van der Waals surface area contributed by atoms with Crippen LogP contribution < -0.4 is 10.2 Å². The zero-order chi connectivity index (χ0) is 17.4. The number of aryl methyl sites for hydroxylation is 2. The summed E-state index contributed by atoms with van der Waals surface area (Å²) in [5.41, 5.74) is 3.83. The molecule has 0 spiro atoms. The fraction of sp³-hybridized carbons (Fsp3) is 0.389. The van der Waals surface area contributed by atoms with Crippen LogP contribution in [0.5, 0.6) is 0 Å². The standard InChI is InChI=1S/C18H21N5OS/c1-12-10-25-18(20-12)23-7-5-13(6-8-23)17(24)21-14-3-4-16-15(9-14)19-11-22(16)2/h3-4,9-11,13H,5-8H2,1-2H3,(H,21,24). The summed E-state index contributed by atoms with van der Waals surface area (Å²) in [5.74, 6) is 0.155. The fourth-order valence-electron chi connectivity index (χ4n) is 3.28. The smallest absolute Gasteiger partial charge is 0.227 e. The van der Waals surface area contributed by atoms with E-state index in [4.69, 9.17) is 0 Å². The van der Waals surface area contributed by atoms with Gasteiger partial charge in [0.05, 0.1) is 23.1 Å². The van der Waals surface area contributed by atoms with Crippen molar-refractivity contribution in [3.05, 3.63) is 35.6 Å². The highest BCUT2D eigenvalue weighted by Crippen LogP contribution is 2.27. The predicted octanol–water partition coefficient (Wildman–Crippen LogP) is 3.19. The number of benzene rings is 1. The van der Waals surface area contributed by atoms with E-state index in [1.54, 1.807) is 17.7 Å². The Balaban J connectivity index is 1.38. The molecule has 1 saturated heterocycles. The second kappa shape index (κ2) is 6.48. The molecule has 3 aromatic rings. The van der Waals surface area contributed by atoms with Crippen molar-refractivity contribution >= 4 is 39.1 Å². The minimum absolute atomic E-state index is 0.0525. The van der Waals surface area contributed by atoms with Crippen molar-refractivity contribution in [3.8, 4) is 0 Å². The van der Waals surface area contributed by atoms with Crippen molar-refractivity contribution < 1.29 is 4.79 Å². The van der Waals surface area contributed by atoms with Gasteiger partial charge in [0.2, 0.25) is 5.91 Å². The van der Waals surface area contributed by atoms with Gasteiger partial charge < -0.3 is 14.8 Å². The molecule has 0 atom stereocenters. The first-order chi connectivity index (χ1) is 12.1. The molecule has 0 bridgehead atoms. The molecule has 0 radical (unpaired) electrons. The average molecular weight is 355 g/mol. The molecular formula is C18H21N5OS. The van der Waals surface area contributed by atoms with Gasteiger partial charge in [0, 0.05) is 37.1 Å². The van der Waals surface area contributed by atoms with Crippen molar-refractivity contribution in [3.63, 3.8) is 0 Å². The largest absolute Gasteiger partial charge is 0.348 e. The Morgan fingerprint density at radius 3 is 2.84 bits per heavy atom. The SMILES string of the molecule is Cc1csc(N2CCC(C(=O)Nc3ccc4c(c3)ncn4C)CC2)n1. The maximum Gasteiger partial charge on any atom is 0.227 e. The van der Waals surface area contributed by atoms with Gasteiger partial charge in [-0.15, -0.1) is 11.3 Å². The lowest BCUT2D eigenvalue weighted by molar-refractivity contribution is -0.120. The van der Waals surface area contributed by atoms with E-state index in [-0.39, 0.29) is 11.8 Å². The zero-order valence-corrected chi connectivity index (χ0v) is 15.2. The number of piperidine rings is 1. The number of fused-ring (bicyclic) bond motifs is 1. The number of nitrogens with zero attached hydrogens (tertiary/aromatic N) is 4. The summed E-state index contributed by atoms with van der Waals surface area (Å²) in [4.78, 5) is 23.7. The summed E-state index contributed by atoms with van der Waals surface area (Å²) in [7, 11) is 1.96. The van der Waals surface area contributed by atoms with Crippen molar-refractivity contribution in [2.45, 2.75) is 19.8 Å². The van der Waals surface area contributed by atoms with E-state index in [1.165, 1.54) is 0 Å². The quantitative estimate of drug-likeness (QED) is 0.784. The van der Waals surface area contributed by atoms with Crippen LogP contribution in [0, 0.1) is 12.8 Å². The number of amides is 1. The van der Waals surface area contributed by atoms with E-state index in [0.717, 1.165) is 53.5 Å². The molecule has 1 aromatic carbocycles. The molecule has 0 unspecified atom stereocenters. The number of carbonyl (C=O) groups is 1. The molecule has 7 heteroatoms. The minimum Gasteiger partial charge on any atom is -0.348 e. The van der Waals surface area contributed by atoms with Crippen molar-refractivity contribution in [1.82, 2.24) is 14.5 Å². The molecule has 1 aliphatic heterocycles. The second-order valence-corrected chi connectivity index (χ2v) is 7.42. The van der Waals surface area contributed by atoms with Crippen molar-refractivity contribution in [1.29, 1.82) is 0 Å². The number of hydrogen-bond acceptors (Lipinski definition) is 5. The van der Waals surface area contributed by atoms with Gasteiger partial charge in [-0.25, -0.2) is 9.97 Å². The third kappa shape index (κ3) is 3.24. The lowest BCUT2D eigenvalue weighted by atomic mass is 9.96. The predicted molar refractivity (Wildman–Crippen MR) is 101 cm³/mol. The summed E-state index contributed by atoms with van der Waals surface area (Å²) in [5, 5.41) is 6.19. The normalized spacial score (nSPS) is 15.7. The highest BCUT2D eigenvalue weighted by atomic mass is 32.1. The summed E-state index contributed by atoms with van der Waals surface area (Å²) >= 11 is 1.68. The molecule has 4 rings (SSSR count). The van der Waals surface area contributed by atoms with Crippen LogP contribution in [-0.2, 0) is 11.8 Å². The van der Waals surface area contributed by atoms with Crippen LogP contribution in [0.3, 0.4) is 0 Å². The molecule has 0 saturated carbocycles. The fourth-order valence-corrected chi connectivity index (χ4v) is 4.13. The second-order valence-electron chi connectivity index (χ2n) is 6.58. The zero-order valence-electron chi connectivity index (χ0n) is 14.4. The first-order valence-corrected chi connectivity index (χ1v) is 9.37. The van der Waals surface area contributed by atoms with Crippen LogP contribution in [0.2, 0.25) is 0 Å². The van der Waals surface area contributed by atoms with E-state index in [9.17, 15) is 4.79 Å². The van der Waals surface area contributed by atoms with Crippen LogP contribution in [-0.4, -0.2) is 33.5 Å². The van der Waals surface area contributed by atoms with Gasteiger partial charge in [-0.2, -0.15) is 0 Å². The average Bonchev–Trinajstić information content (AvgIpc) is 3.21. The number of thiazole rings is 1.